The highest BCUT2D eigenvalue weighted by Gasteiger charge is 2.30. The molecule has 0 radical (unpaired) electrons. The van der Waals surface area contributed by atoms with E-state index in [2.05, 4.69) is 9.88 Å². The van der Waals surface area contributed by atoms with Crippen molar-refractivity contribution in [3.8, 4) is 0 Å². The molecule has 1 aromatic heterocycles. The minimum atomic E-state index is -0.198. The number of aryl methyl sites for hydroxylation is 1. The van der Waals surface area contributed by atoms with Gasteiger partial charge in [-0.05, 0) is 23.3 Å². The molecule has 2 heterocycles. The molecule has 0 aliphatic carbocycles. The number of fused-ring (bicyclic) bond motifs is 1. The van der Waals surface area contributed by atoms with Gasteiger partial charge in [0.1, 0.15) is 11.6 Å². The van der Waals surface area contributed by atoms with E-state index in [1.807, 2.05) is 23.9 Å². The lowest BCUT2D eigenvalue weighted by molar-refractivity contribution is 0.203. The van der Waals surface area contributed by atoms with Crippen LogP contribution in [0.2, 0.25) is 0 Å². The number of hydrogen-bond donors (Lipinski definition) is 1. The maximum Gasteiger partial charge on any atom is 0.123 e. The van der Waals surface area contributed by atoms with Gasteiger partial charge in [0.15, 0.2) is 0 Å². The zero-order valence-corrected chi connectivity index (χ0v) is 10.9. The van der Waals surface area contributed by atoms with Crippen molar-refractivity contribution < 1.29 is 4.39 Å². The SMILES string of the molecule is Cn1ccnc1CN1Cc2ccc(F)cc2C1CN. The fourth-order valence-electron chi connectivity index (χ4n) is 2.72. The summed E-state index contributed by atoms with van der Waals surface area (Å²) in [4.78, 5) is 6.58. The third kappa shape index (κ3) is 2.15. The molecule has 4 nitrogen and oxygen atoms in total. The van der Waals surface area contributed by atoms with Crippen LogP contribution >= 0.6 is 0 Å². The molecule has 1 unspecified atom stereocenters. The van der Waals surface area contributed by atoms with Gasteiger partial charge < -0.3 is 10.3 Å². The molecule has 1 aromatic carbocycles. The molecule has 2 aromatic rings. The molecule has 1 aliphatic heterocycles. The fraction of sp³-hybridized carbons (Fsp3) is 0.357. The van der Waals surface area contributed by atoms with Gasteiger partial charge in [-0.15, -0.1) is 0 Å². The molecule has 19 heavy (non-hydrogen) atoms. The van der Waals surface area contributed by atoms with E-state index in [-0.39, 0.29) is 11.9 Å². The number of benzene rings is 1. The smallest absolute Gasteiger partial charge is 0.123 e. The molecule has 100 valence electrons. The number of halogens is 1. The van der Waals surface area contributed by atoms with Gasteiger partial charge in [-0.2, -0.15) is 0 Å². The molecular formula is C14H17FN4. The maximum atomic E-state index is 13.4. The molecule has 2 N–H and O–H groups in total. The van der Waals surface area contributed by atoms with E-state index < -0.39 is 0 Å². The summed E-state index contributed by atoms with van der Waals surface area (Å²) in [5.41, 5.74) is 8.03. The van der Waals surface area contributed by atoms with Crippen LogP contribution in [0.4, 0.5) is 4.39 Å². The summed E-state index contributed by atoms with van der Waals surface area (Å²) in [5.74, 6) is 0.794. The topological polar surface area (TPSA) is 47.1 Å². The van der Waals surface area contributed by atoms with Gasteiger partial charge in [0.25, 0.3) is 0 Å². The second-order valence-electron chi connectivity index (χ2n) is 4.95. The van der Waals surface area contributed by atoms with Crippen LogP contribution in [-0.4, -0.2) is 21.0 Å². The fourth-order valence-corrected chi connectivity index (χ4v) is 2.72. The third-order valence-corrected chi connectivity index (χ3v) is 3.77. The van der Waals surface area contributed by atoms with E-state index >= 15 is 0 Å². The predicted octanol–water partition coefficient (Wildman–Crippen LogP) is 1.57. The van der Waals surface area contributed by atoms with Gasteiger partial charge in [-0.25, -0.2) is 9.37 Å². The molecule has 3 rings (SSSR count). The van der Waals surface area contributed by atoms with Crippen molar-refractivity contribution >= 4 is 0 Å². The van der Waals surface area contributed by atoms with Crippen LogP contribution in [0.5, 0.6) is 0 Å². The summed E-state index contributed by atoms with van der Waals surface area (Å²) in [7, 11) is 1.97. The first kappa shape index (κ1) is 12.3. The largest absolute Gasteiger partial charge is 0.337 e. The average molecular weight is 260 g/mol. The standard InChI is InChI=1S/C14H17FN4/c1-18-5-4-17-14(18)9-19-8-10-2-3-11(15)6-12(10)13(19)7-16/h2-6,13H,7-9,16H2,1H3. The quantitative estimate of drug-likeness (QED) is 0.911. The molecule has 0 saturated heterocycles. The van der Waals surface area contributed by atoms with Gasteiger partial charge in [-0.3, -0.25) is 4.90 Å². The van der Waals surface area contributed by atoms with E-state index in [4.69, 9.17) is 5.73 Å². The molecule has 0 spiro atoms. The monoisotopic (exact) mass is 260 g/mol. The van der Waals surface area contributed by atoms with Crippen molar-refractivity contribution in [2.45, 2.75) is 19.1 Å². The van der Waals surface area contributed by atoms with E-state index in [0.717, 1.165) is 30.0 Å². The summed E-state index contributed by atoms with van der Waals surface area (Å²) in [6.07, 6.45) is 3.71. The number of hydrogen-bond acceptors (Lipinski definition) is 3. The van der Waals surface area contributed by atoms with Crippen molar-refractivity contribution in [2.24, 2.45) is 12.8 Å². The Labute approximate surface area is 111 Å². The maximum absolute atomic E-state index is 13.4. The Balaban J connectivity index is 1.87. The first-order valence-electron chi connectivity index (χ1n) is 6.37. The van der Waals surface area contributed by atoms with E-state index in [1.54, 1.807) is 12.3 Å². The summed E-state index contributed by atoms with van der Waals surface area (Å²) >= 11 is 0. The van der Waals surface area contributed by atoms with Crippen LogP contribution in [0.15, 0.2) is 30.6 Å². The number of aromatic nitrogens is 2. The van der Waals surface area contributed by atoms with Crippen LogP contribution in [-0.2, 0) is 20.1 Å². The van der Waals surface area contributed by atoms with Crippen LogP contribution in [0.25, 0.3) is 0 Å². The molecule has 1 atom stereocenters. The highest BCUT2D eigenvalue weighted by Crippen LogP contribution is 2.34. The minimum absolute atomic E-state index is 0.0717. The summed E-state index contributed by atoms with van der Waals surface area (Å²) < 4.78 is 15.4. The molecule has 0 amide bonds. The Morgan fingerprint density at radius 2 is 2.32 bits per heavy atom. The molecule has 5 heteroatoms. The second-order valence-corrected chi connectivity index (χ2v) is 4.95. The summed E-state index contributed by atoms with van der Waals surface area (Å²) in [6.45, 7) is 2.01. The Morgan fingerprint density at radius 3 is 3.00 bits per heavy atom. The Hall–Kier alpha value is -1.72. The van der Waals surface area contributed by atoms with Crippen molar-refractivity contribution in [3.63, 3.8) is 0 Å². The normalized spacial score (nSPS) is 18.8. The molecule has 0 bridgehead atoms. The highest BCUT2D eigenvalue weighted by molar-refractivity contribution is 5.35. The van der Waals surface area contributed by atoms with Crippen molar-refractivity contribution in [3.05, 3.63) is 53.4 Å². The lowest BCUT2D eigenvalue weighted by Gasteiger charge is -2.23. The van der Waals surface area contributed by atoms with E-state index in [1.165, 1.54) is 6.07 Å². The first-order valence-corrected chi connectivity index (χ1v) is 6.37. The number of rotatable bonds is 3. The van der Waals surface area contributed by atoms with Crippen LogP contribution < -0.4 is 5.73 Å². The Morgan fingerprint density at radius 1 is 1.47 bits per heavy atom. The lowest BCUT2D eigenvalue weighted by atomic mass is 10.0. The number of imidazole rings is 1. The van der Waals surface area contributed by atoms with Gasteiger partial charge in [0.05, 0.1) is 6.54 Å². The van der Waals surface area contributed by atoms with Crippen LogP contribution in [0.3, 0.4) is 0 Å². The Kier molecular flexibility index (Phi) is 3.08. The van der Waals surface area contributed by atoms with E-state index in [9.17, 15) is 4.39 Å². The molecule has 0 saturated carbocycles. The highest BCUT2D eigenvalue weighted by atomic mass is 19.1. The van der Waals surface area contributed by atoms with Crippen LogP contribution in [0.1, 0.15) is 23.0 Å². The van der Waals surface area contributed by atoms with E-state index in [0.29, 0.717) is 6.54 Å². The first-order chi connectivity index (χ1) is 9.19. The number of nitrogens with zero attached hydrogens (tertiary/aromatic N) is 3. The van der Waals surface area contributed by atoms with Crippen molar-refractivity contribution in [1.82, 2.24) is 14.5 Å². The summed E-state index contributed by atoms with van der Waals surface area (Å²) in [5, 5.41) is 0. The van der Waals surface area contributed by atoms with Gasteiger partial charge in [0.2, 0.25) is 0 Å². The van der Waals surface area contributed by atoms with Gasteiger partial charge >= 0.3 is 0 Å². The van der Waals surface area contributed by atoms with Crippen molar-refractivity contribution in [1.29, 1.82) is 0 Å². The molecular weight excluding hydrogens is 243 g/mol. The predicted molar refractivity (Wildman–Crippen MR) is 70.7 cm³/mol. The van der Waals surface area contributed by atoms with Crippen LogP contribution in [0, 0.1) is 5.82 Å². The molecule has 0 fully saturated rings. The minimum Gasteiger partial charge on any atom is -0.337 e. The van der Waals surface area contributed by atoms with Gasteiger partial charge in [-0.1, -0.05) is 6.07 Å². The molecule has 1 aliphatic rings. The number of nitrogens with two attached hydrogens (primary N) is 1. The second kappa shape index (κ2) is 4.75. The zero-order chi connectivity index (χ0) is 13.4. The zero-order valence-electron chi connectivity index (χ0n) is 10.9. The third-order valence-electron chi connectivity index (χ3n) is 3.77. The summed E-state index contributed by atoms with van der Waals surface area (Å²) in [6, 6.07) is 5.04. The average Bonchev–Trinajstić information content (AvgIpc) is 2.93. The Bertz CT molecular complexity index is 593. The lowest BCUT2D eigenvalue weighted by Crippen LogP contribution is -2.28. The van der Waals surface area contributed by atoms with Crippen molar-refractivity contribution in [2.75, 3.05) is 6.54 Å². The van der Waals surface area contributed by atoms with Gasteiger partial charge in [0, 0.05) is 38.6 Å².